The van der Waals surface area contributed by atoms with Crippen molar-refractivity contribution in [2.24, 2.45) is 0 Å². The number of anilines is 1. The summed E-state index contributed by atoms with van der Waals surface area (Å²) in [7, 11) is -0.393. The summed E-state index contributed by atoms with van der Waals surface area (Å²) in [6.45, 7) is 0.188. The van der Waals surface area contributed by atoms with Crippen LogP contribution in [-0.4, -0.2) is 43.8 Å². The topological polar surface area (TPSA) is 93.0 Å². The molecule has 0 bridgehead atoms. The van der Waals surface area contributed by atoms with E-state index in [2.05, 4.69) is 4.98 Å². The molecule has 37 heavy (non-hydrogen) atoms. The van der Waals surface area contributed by atoms with Gasteiger partial charge in [0, 0.05) is 18.7 Å². The van der Waals surface area contributed by atoms with E-state index in [1.165, 1.54) is 27.8 Å². The van der Waals surface area contributed by atoms with Crippen molar-refractivity contribution < 1.29 is 22.4 Å². The van der Waals surface area contributed by atoms with Gasteiger partial charge in [-0.3, -0.25) is 9.69 Å². The molecule has 4 aromatic rings. The Morgan fingerprint density at radius 3 is 2.54 bits per heavy atom. The zero-order valence-electron chi connectivity index (χ0n) is 20.8. The van der Waals surface area contributed by atoms with E-state index in [1.54, 1.807) is 49.6 Å². The summed E-state index contributed by atoms with van der Waals surface area (Å²) >= 11 is 1.38. The lowest BCUT2D eigenvalue weighted by Gasteiger charge is -2.30. The minimum absolute atomic E-state index is 0.0153. The molecule has 8 nitrogen and oxygen atoms in total. The summed E-state index contributed by atoms with van der Waals surface area (Å²) in [6.07, 6.45) is 6.55. The molecular formula is C27H29N3O5S2. The number of furan rings is 1. The van der Waals surface area contributed by atoms with Crippen LogP contribution in [0.4, 0.5) is 5.13 Å². The lowest BCUT2D eigenvalue weighted by atomic mass is 9.96. The van der Waals surface area contributed by atoms with Crippen LogP contribution in [0.25, 0.3) is 10.2 Å². The number of amides is 1. The van der Waals surface area contributed by atoms with Crippen LogP contribution >= 0.6 is 11.3 Å². The Labute approximate surface area is 220 Å². The summed E-state index contributed by atoms with van der Waals surface area (Å²) in [4.78, 5) is 20.1. The molecule has 0 radical (unpaired) electrons. The fourth-order valence-electron chi connectivity index (χ4n) is 4.65. The number of nitrogens with zero attached hydrogens (tertiary/aromatic N) is 3. The van der Waals surface area contributed by atoms with Gasteiger partial charge in [0.25, 0.3) is 5.91 Å². The second-order valence-electron chi connectivity index (χ2n) is 9.14. The van der Waals surface area contributed by atoms with Crippen LogP contribution in [0.2, 0.25) is 0 Å². The molecule has 2 heterocycles. The van der Waals surface area contributed by atoms with Crippen molar-refractivity contribution in [1.29, 1.82) is 0 Å². The third-order valence-corrected chi connectivity index (χ3v) is 9.79. The normalized spacial score (nSPS) is 14.8. The Balaban J connectivity index is 1.43. The molecule has 2 aromatic carbocycles. The zero-order valence-corrected chi connectivity index (χ0v) is 22.4. The molecule has 1 saturated carbocycles. The Morgan fingerprint density at radius 1 is 1.11 bits per heavy atom. The van der Waals surface area contributed by atoms with Gasteiger partial charge in [0.1, 0.15) is 11.5 Å². The van der Waals surface area contributed by atoms with Crippen molar-refractivity contribution in [2.45, 2.75) is 49.6 Å². The van der Waals surface area contributed by atoms with Crippen LogP contribution in [0.3, 0.4) is 0 Å². The summed E-state index contributed by atoms with van der Waals surface area (Å²) < 4.78 is 39.7. The Hall–Kier alpha value is -3.21. The Bertz CT molecular complexity index is 1470. The monoisotopic (exact) mass is 539 g/mol. The fraction of sp³-hybridized carbons (Fsp3) is 0.333. The molecule has 0 unspecified atom stereocenters. The molecule has 5 rings (SSSR count). The Morgan fingerprint density at radius 2 is 1.86 bits per heavy atom. The molecule has 1 aliphatic rings. The van der Waals surface area contributed by atoms with Gasteiger partial charge in [0.15, 0.2) is 5.13 Å². The first-order valence-corrected chi connectivity index (χ1v) is 14.5. The molecule has 1 aliphatic carbocycles. The predicted octanol–water partition coefficient (Wildman–Crippen LogP) is 5.70. The lowest BCUT2D eigenvalue weighted by Crippen LogP contribution is -2.38. The maximum absolute atomic E-state index is 13.7. The van der Waals surface area contributed by atoms with E-state index in [0.29, 0.717) is 22.2 Å². The van der Waals surface area contributed by atoms with E-state index in [-0.39, 0.29) is 23.4 Å². The number of hydrogen-bond acceptors (Lipinski definition) is 7. The number of carbonyl (C=O) groups excluding carboxylic acids is 1. The average Bonchev–Trinajstić information content (AvgIpc) is 3.60. The molecule has 0 spiro atoms. The molecular weight excluding hydrogens is 510 g/mol. The number of ether oxygens (including phenoxy) is 1. The predicted molar refractivity (Wildman–Crippen MR) is 144 cm³/mol. The third kappa shape index (κ3) is 5.27. The summed E-state index contributed by atoms with van der Waals surface area (Å²) in [6, 6.07) is 15.3. The second kappa shape index (κ2) is 10.6. The van der Waals surface area contributed by atoms with Gasteiger partial charge in [-0.05, 0) is 67.4 Å². The van der Waals surface area contributed by atoms with Crippen molar-refractivity contribution in [2.75, 3.05) is 19.1 Å². The van der Waals surface area contributed by atoms with Crippen LogP contribution in [0.1, 0.15) is 48.2 Å². The highest BCUT2D eigenvalue weighted by molar-refractivity contribution is 7.89. The third-order valence-electron chi connectivity index (χ3n) is 6.82. The van der Waals surface area contributed by atoms with Crippen LogP contribution < -0.4 is 9.64 Å². The van der Waals surface area contributed by atoms with Gasteiger partial charge >= 0.3 is 0 Å². The molecule has 1 fully saturated rings. The van der Waals surface area contributed by atoms with E-state index in [1.807, 2.05) is 18.2 Å². The van der Waals surface area contributed by atoms with E-state index < -0.39 is 10.0 Å². The average molecular weight is 540 g/mol. The van der Waals surface area contributed by atoms with Crippen molar-refractivity contribution in [3.63, 3.8) is 0 Å². The molecule has 0 saturated heterocycles. The van der Waals surface area contributed by atoms with E-state index in [0.717, 1.165) is 42.3 Å². The SMILES string of the molecule is COc1ccc2nc(N(Cc3ccco3)C(=O)c3ccc(S(=O)(=O)N(C)C4CCCCC4)cc3)sc2c1. The molecule has 1 amide bonds. The maximum atomic E-state index is 13.7. The second-order valence-corrected chi connectivity index (χ2v) is 12.1. The van der Waals surface area contributed by atoms with Gasteiger partial charge < -0.3 is 9.15 Å². The van der Waals surface area contributed by atoms with E-state index in [4.69, 9.17) is 9.15 Å². The van der Waals surface area contributed by atoms with Crippen molar-refractivity contribution >= 4 is 42.6 Å². The number of rotatable bonds is 8. The highest BCUT2D eigenvalue weighted by Gasteiger charge is 2.30. The van der Waals surface area contributed by atoms with Crippen LogP contribution in [0.5, 0.6) is 5.75 Å². The van der Waals surface area contributed by atoms with Crippen LogP contribution in [0, 0.1) is 0 Å². The van der Waals surface area contributed by atoms with Gasteiger partial charge in [-0.25, -0.2) is 13.4 Å². The fourth-order valence-corrected chi connectivity index (χ4v) is 7.06. The first kappa shape index (κ1) is 25.4. The van der Waals surface area contributed by atoms with E-state index >= 15 is 0 Å². The quantitative estimate of drug-likeness (QED) is 0.285. The first-order valence-electron chi connectivity index (χ1n) is 12.2. The van der Waals surface area contributed by atoms with Crippen LogP contribution in [0.15, 0.2) is 70.2 Å². The number of fused-ring (bicyclic) bond motifs is 1. The Kier molecular flexibility index (Phi) is 7.32. The molecule has 0 N–H and O–H groups in total. The van der Waals surface area contributed by atoms with Crippen molar-refractivity contribution in [3.05, 3.63) is 72.2 Å². The standard InChI is InChI=1S/C27H29N3O5S2/c1-29(20-7-4-3-5-8-20)37(32,33)23-13-10-19(11-14-23)26(31)30(18-22-9-6-16-35-22)27-28-24-15-12-21(34-2)17-25(24)36-27/h6,9-17,20H,3-5,7-8,18H2,1-2H3. The van der Waals surface area contributed by atoms with Gasteiger partial charge in [-0.15, -0.1) is 0 Å². The molecule has 10 heteroatoms. The highest BCUT2D eigenvalue weighted by atomic mass is 32.2. The number of carbonyl (C=O) groups is 1. The lowest BCUT2D eigenvalue weighted by molar-refractivity contribution is 0.0983. The summed E-state index contributed by atoms with van der Waals surface area (Å²) in [5.74, 6) is 1.02. The smallest absolute Gasteiger partial charge is 0.260 e. The van der Waals surface area contributed by atoms with Gasteiger partial charge in [0.2, 0.25) is 10.0 Å². The number of aromatic nitrogens is 1. The van der Waals surface area contributed by atoms with Gasteiger partial charge in [-0.1, -0.05) is 30.6 Å². The van der Waals surface area contributed by atoms with Gasteiger partial charge in [0.05, 0.1) is 35.0 Å². The van der Waals surface area contributed by atoms with Crippen molar-refractivity contribution in [1.82, 2.24) is 9.29 Å². The minimum Gasteiger partial charge on any atom is -0.497 e. The number of benzene rings is 2. The van der Waals surface area contributed by atoms with E-state index in [9.17, 15) is 13.2 Å². The number of methoxy groups -OCH3 is 1. The van der Waals surface area contributed by atoms with Crippen LogP contribution in [-0.2, 0) is 16.6 Å². The largest absolute Gasteiger partial charge is 0.497 e. The molecule has 0 atom stereocenters. The summed E-state index contributed by atoms with van der Waals surface area (Å²) in [5, 5.41) is 0.512. The van der Waals surface area contributed by atoms with Gasteiger partial charge in [-0.2, -0.15) is 4.31 Å². The number of sulfonamides is 1. The zero-order chi connectivity index (χ0) is 26.0. The minimum atomic E-state index is -3.65. The van der Waals surface area contributed by atoms with Crippen molar-refractivity contribution in [3.8, 4) is 5.75 Å². The summed E-state index contributed by atoms with van der Waals surface area (Å²) in [5.41, 5.74) is 1.12. The molecule has 194 valence electrons. The molecule has 2 aromatic heterocycles. The maximum Gasteiger partial charge on any atom is 0.260 e. The first-order chi connectivity index (χ1) is 17.9. The number of thiazole rings is 1. The highest BCUT2D eigenvalue weighted by Crippen LogP contribution is 2.33. The molecule has 0 aliphatic heterocycles. The number of hydrogen-bond donors (Lipinski definition) is 0.